The van der Waals surface area contributed by atoms with Gasteiger partial charge in [-0.1, -0.05) is 0 Å². The Bertz CT molecular complexity index is 1340. The van der Waals surface area contributed by atoms with E-state index in [1.165, 1.54) is 12.8 Å². The first-order valence-electron chi connectivity index (χ1n) is 12.4. The molecule has 2 aromatic heterocycles. The molecule has 1 fully saturated rings. The molecule has 6 nitrogen and oxygen atoms in total. The minimum absolute atomic E-state index is 0.0323. The molecule has 186 valence electrons. The third-order valence-electron chi connectivity index (χ3n) is 6.78. The number of fused-ring (bicyclic) bond motifs is 1. The summed E-state index contributed by atoms with van der Waals surface area (Å²) in [6, 6.07) is 17.6. The second kappa shape index (κ2) is 10.7. The number of pyridine rings is 1. The number of nitrogens with one attached hydrogen (secondary N) is 1. The Morgan fingerprint density at radius 2 is 1.83 bits per heavy atom. The van der Waals surface area contributed by atoms with E-state index >= 15 is 0 Å². The van der Waals surface area contributed by atoms with Gasteiger partial charge in [-0.15, -0.1) is 11.3 Å². The van der Waals surface area contributed by atoms with Gasteiger partial charge in [0.15, 0.2) is 5.78 Å². The van der Waals surface area contributed by atoms with Crippen LogP contribution in [0.15, 0.2) is 60.8 Å². The smallest absolute Gasteiger partial charge is 0.196 e. The predicted molar refractivity (Wildman–Crippen MR) is 147 cm³/mol. The van der Waals surface area contributed by atoms with Crippen molar-refractivity contribution >= 4 is 33.0 Å². The lowest BCUT2D eigenvalue weighted by Gasteiger charge is -2.35. The molecule has 1 aliphatic heterocycles. The van der Waals surface area contributed by atoms with Gasteiger partial charge in [0, 0.05) is 38.8 Å². The van der Waals surface area contributed by atoms with Gasteiger partial charge >= 0.3 is 0 Å². The zero-order valence-electron chi connectivity index (χ0n) is 20.9. The van der Waals surface area contributed by atoms with Gasteiger partial charge in [-0.25, -0.2) is 4.98 Å². The average Bonchev–Trinajstić information content (AvgIpc) is 3.32. The largest absolute Gasteiger partial charge is 0.497 e. The van der Waals surface area contributed by atoms with Crippen LogP contribution in [0.5, 0.6) is 11.5 Å². The Hall–Kier alpha value is -3.42. The van der Waals surface area contributed by atoms with Gasteiger partial charge in [0.2, 0.25) is 0 Å². The number of hydrogen-bond donors (Lipinski definition) is 1. The quantitative estimate of drug-likeness (QED) is 0.293. The van der Waals surface area contributed by atoms with E-state index < -0.39 is 0 Å². The number of nitrogens with zero attached hydrogens (tertiary/aromatic N) is 2. The summed E-state index contributed by atoms with van der Waals surface area (Å²) < 4.78 is 11.8. The summed E-state index contributed by atoms with van der Waals surface area (Å²) in [4.78, 5) is 21.9. The highest BCUT2D eigenvalue weighted by atomic mass is 32.1. The van der Waals surface area contributed by atoms with Crippen molar-refractivity contribution in [2.45, 2.75) is 32.4 Å². The molecular formula is C29H31N3O3S. The van der Waals surface area contributed by atoms with Crippen LogP contribution in [0.25, 0.3) is 20.5 Å². The molecule has 1 atom stereocenters. The number of hydrogen-bond acceptors (Lipinski definition) is 7. The second-order valence-corrected chi connectivity index (χ2v) is 9.93. The molecule has 3 heterocycles. The molecule has 0 aliphatic carbocycles. The van der Waals surface area contributed by atoms with Crippen LogP contribution in [0.4, 0.5) is 5.82 Å². The van der Waals surface area contributed by atoms with E-state index in [2.05, 4.69) is 17.1 Å². The monoisotopic (exact) mass is 501 g/mol. The molecule has 1 unspecified atom stereocenters. The molecule has 0 saturated carbocycles. The summed E-state index contributed by atoms with van der Waals surface area (Å²) in [5, 5.41) is 4.51. The van der Waals surface area contributed by atoms with Crippen LogP contribution in [0.3, 0.4) is 0 Å². The fraction of sp³-hybridized carbons (Fsp3) is 0.310. The maximum absolute atomic E-state index is 13.9. The molecule has 4 aromatic rings. The molecule has 1 aliphatic rings. The number of ether oxygens (including phenoxy) is 2. The van der Waals surface area contributed by atoms with Crippen LogP contribution in [-0.4, -0.2) is 44.2 Å². The number of piperidine rings is 1. The number of benzene rings is 2. The van der Waals surface area contributed by atoms with E-state index in [9.17, 15) is 4.79 Å². The van der Waals surface area contributed by atoms with Gasteiger partial charge in [0.1, 0.15) is 17.3 Å². The third-order valence-corrected chi connectivity index (χ3v) is 7.98. The van der Waals surface area contributed by atoms with Crippen molar-refractivity contribution in [2.24, 2.45) is 0 Å². The lowest BCUT2D eigenvalue weighted by atomic mass is 9.98. The van der Waals surface area contributed by atoms with E-state index in [0.29, 0.717) is 11.1 Å². The number of rotatable bonds is 8. The summed E-state index contributed by atoms with van der Waals surface area (Å²) in [7, 11) is 3.30. The zero-order chi connectivity index (χ0) is 25.1. The Morgan fingerprint density at radius 3 is 2.47 bits per heavy atom. The molecule has 0 radical (unpaired) electrons. The molecule has 5 rings (SSSR count). The lowest BCUT2D eigenvalue weighted by molar-refractivity contribution is 0.104. The number of ketones is 1. The number of carbonyl (C=O) groups is 1. The maximum Gasteiger partial charge on any atom is 0.196 e. The summed E-state index contributed by atoms with van der Waals surface area (Å²) >= 11 is 1.59. The van der Waals surface area contributed by atoms with E-state index in [-0.39, 0.29) is 11.9 Å². The Balaban J connectivity index is 1.53. The molecule has 2 aromatic carbocycles. The first kappa shape index (κ1) is 24.3. The number of aromatic nitrogens is 1. The van der Waals surface area contributed by atoms with Crippen molar-refractivity contribution in [3.05, 3.63) is 71.9 Å². The van der Waals surface area contributed by atoms with Crippen molar-refractivity contribution < 1.29 is 14.3 Å². The first-order valence-corrected chi connectivity index (χ1v) is 13.2. The molecule has 0 bridgehead atoms. The molecular weight excluding hydrogens is 470 g/mol. The highest BCUT2D eigenvalue weighted by Crippen LogP contribution is 2.41. The van der Waals surface area contributed by atoms with Gasteiger partial charge in [-0.3, -0.25) is 10.1 Å². The van der Waals surface area contributed by atoms with Crippen LogP contribution in [0.1, 0.15) is 42.1 Å². The zero-order valence-corrected chi connectivity index (χ0v) is 21.7. The van der Waals surface area contributed by atoms with Crippen molar-refractivity contribution in [2.75, 3.05) is 32.2 Å². The predicted octanol–water partition coefficient (Wildman–Crippen LogP) is 6.14. The van der Waals surface area contributed by atoms with Crippen molar-refractivity contribution in [1.29, 1.82) is 0 Å². The molecule has 0 amide bonds. The number of thiophene rings is 1. The normalized spacial score (nSPS) is 15.6. The van der Waals surface area contributed by atoms with E-state index in [0.717, 1.165) is 57.4 Å². The average molecular weight is 502 g/mol. The van der Waals surface area contributed by atoms with Crippen LogP contribution in [0, 0.1) is 0 Å². The summed E-state index contributed by atoms with van der Waals surface area (Å²) in [5.41, 5.74) is 2.25. The van der Waals surface area contributed by atoms with Crippen LogP contribution in [-0.2, 0) is 0 Å². The van der Waals surface area contributed by atoms with Crippen molar-refractivity contribution in [3.63, 3.8) is 0 Å². The van der Waals surface area contributed by atoms with E-state index in [1.54, 1.807) is 31.8 Å². The lowest BCUT2D eigenvalue weighted by Crippen LogP contribution is -2.48. The van der Waals surface area contributed by atoms with Crippen LogP contribution < -0.4 is 19.7 Å². The van der Waals surface area contributed by atoms with Crippen LogP contribution in [0.2, 0.25) is 0 Å². The highest BCUT2D eigenvalue weighted by Gasteiger charge is 2.24. The summed E-state index contributed by atoms with van der Waals surface area (Å²) in [6.45, 7) is 4.03. The third kappa shape index (κ3) is 4.68. The highest BCUT2D eigenvalue weighted by molar-refractivity contribution is 7.22. The van der Waals surface area contributed by atoms with Crippen LogP contribution >= 0.6 is 11.3 Å². The fourth-order valence-electron chi connectivity index (χ4n) is 4.85. The molecule has 1 saturated heterocycles. The molecule has 0 spiro atoms. The Morgan fingerprint density at radius 1 is 1.06 bits per heavy atom. The second-order valence-electron chi connectivity index (χ2n) is 8.88. The molecule has 1 N–H and O–H groups in total. The van der Waals surface area contributed by atoms with Crippen molar-refractivity contribution in [1.82, 2.24) is 10.3 Å². The first-order chi connectivity index (χ1) is 17.6. The maximum atomic E-state index is 13.9. The van der Waals surface area contributed by atoms with Gasteiger partial charge in [0.25, 0.3) is 0 Å². The topological polar surface area (TPSA) is 63.7 Å². The fourth-order valence-corrected chi connectivity index (χ4v) is 6.08. The summed E-state index contributed by atoms with van der Waals surface area (Å²) in [6.07, 6.45) is 5.54. The Labute approximate surface area is 215 Å². The van der Waals surface area contributed by atoms with E-state index in [4.69, 9.17) is 14.5 Å². The van der Waals surface area contributed by atoms with E-state index in [1.807, 2.05) is 54.6 Å². The molecule has 7 heteroatoms. The van der Waals surface area contributed by atoms with Gasteiger partial charge in [-0.2, -0.15) is 0 Å². The SMILES string of the molecule is CCN(c1ccc(C(=O)c2c(-c3ccc(OC)cc3)sc3cc(OC)ccc23)cn1)C1CCCCN1. The Kier molecular flexibility index (Phi) is 7.20. The number of methoxy groups -OCH3 is 2. The minimum atomic E-state index is -0.0323. The summed E-state index contributed by atoms with van der Waals surface area (Å²) in [5.74, 6) is 2.41. The van der Waals surface area contributed by atoms with Crippen molar-refractivity contribution in [3.8, 4) is 21.9 Å². The van der Waals surface area contributed by atoms with Gasteiger partial charge in [0.05, 0.1) is 20.4 Å². The van der Waals surface area contributed by atoms with Gasteiger partial charge in [-0.05, 0) is 92.9 Å². The number of carbonyl (C=O) groups excluding carboxylic acids is 1. The standard InChI is InChI=1S/C29H31N3O3S/c1-4-32(25-7-5-6-16-30-25)26-15-10-20(18-31-26)28(33)27-23-14-13-22(35-3)17-24(23)36-29(27)19-8-11-21(34-2)12-9-19/h8-15,17-18,25,30H,4-7,16H2,1-3H3. The number of anilines is 1. The minimum Gasteiger partial charge on any atom is -0.497 e. The van der Waals surface area contributed by atoms with Gasteiger partial charge < -0.3 is 14.4 Å². The molecule has 36 heavy (non-hydrogen) atoms.